The van der Waals surface area contributed by atoms with Crippen LogP contribution in [0, 0.1) is 5.92 Å². The Bertz CT molecular complexity index is 901. The van der Waals surface area contributed by atoms with Gasteiger partial charge in [0.25, 0.3) is 5.91 Å². The zero-order valence-corrected chi connectivity index (χ0v) is 15.7. The monoisotopic (exact) mass is 408 g/mol. The second-order valence-electron chi connectivity index (χ2n) is 6.30. The maximum atomic E-state index is 13.0. The fourth-order valence-electron chi connectivity index (χ4n) is 3.01. The number of hydrogen-bond donors (Lipinski definition) is 2. The van der Waals surface area contributed by atoms with Gasteiger partial charge in [-0.1, -0.05) is 5.23 Å². The van der Waals surface area contributed by atoms with Gasteiger partial charge in [0, 0.05) is 19.0 Å². The molecule has 1 aromatic heterocycles. The minimum Gasteiger partial charge on any atom is -0.489 e. The lowest BCUT2D eigenvalue weighted by atomic mass is 10.0. The fraction of sp³-hybridized carbons (Fsp3) is 0.333. The van der Waals surface area contributed by atoms with Gasteiger partial charge in [0.15, 0.2) is 9.84 Å². The molecule has 1 fully saturated rings. The molecule has 9 nitrogen and oxygen atoms in total. The summed E-state index contributed by atoms with van der Waals surface area (Å²) >= 11 is 0. The van der Waals surface area contributed by atoms with Gasteiger partial charge in [0.05, 0.1) is 22.7 Å². The Balaban J connectivity index is 1.74. The lowest BCUT2D eigenvalue weighted by Gasteiger charge is -2.30. The van der Waals surface area contributed by atoms with E-state index in [4.69, 9.17) is 19.9 Å². The number of benzene rings is 1. The molecular formula is C18H20N2O7S. The first-order valence-corrected chi connectivity index (χ1v) is 10.1. The maximum absolute atomic E-state index is 13.0. The molecule has 0 aliphatic carbocycles. The van der Waals surface area contributed by atoms with Crippen LogP contribution < -0.4 is 4.74 Å². The maximum Gasteiger partial charge on any atom is 0.279 e. The Morgan fingerprint density at radius 2 is 1.86 bits per heavy atom. The zero-order valence-electron chi connectivity index (χ0n) is 14.8. The van der Waals surface area contributed by atoms with E-state index in [1.54, 1.807) is 12.4 Å². The molecule has 1 aliphatic heterocycles. The first kappa shape index (κ1) is 20.2. The van der Waals surface area contributed by atoms with E-state index >= 15 is 0 Å². The molecule has 10 heteroatoms. The summed E-state index contributed by atoms with van der Waals surface area (Å²) in [6.07, 6.45) is 3.38. The van der Waals surface area contributed by atoms with Crippen molar-refractivity contribution in [2.24, 2.45) is 5.92 Å². The first-order chi connectivity index (χ1) is 13.4. The lowest BCUT2D eigenvalue weighted by molar-refractivity contribution is -0.289. The third-order valence-electron chi connectivity index (χ3n) is 4.51. The molecule has 2 N–H and O–H groups in total. The van der Waals surface area contributed by atoms with Crippen LogP contribution >= 0.6 is 0 Å². The summed E-state index contributed by atoms with van der Waals surface area (Å²) in [5, 5.41) is 16.3. The molecule has 0 radical (unpaired) electrons. The van der Waals surface area contributed by atoms with Crippen molar-refractivity contribution in [3.05, 3.63) is 54.4 Å². The van der Waals surface area contributed by atoms with Crippen LogP contribution in [0.3, 0.4) is 0 Å². The number of amides is 1. The van der Waals surface area contributed by atoms with Crippen LogP contribution in [-0.4, -0.2) is 53.4 Å². The molecule has 150 valence electrons. The van der Waals surface area contributed by atoms with Crippen LogP contribution in [0.15, 0.2) is 53.7 Å². The number of hydroxylamine groups is 2. The third-order valence-corrected chi connectivity index (χ3v) is 6.80. The molecule has 2 atom stereocenters. The van der Waals surface area contributed by atoms with E-state index in [0.717, 1.165) is 5.56 Å². The Morgan fingerprint density at radius 3 is 2.50 bits per heavy atom. The first-order valence-electron chi connectivity index (χ1n) is 8.54. The standard InChI is InChI=1S/C18H20N2O7S/c21-18(20(22)23)16-12-26-10-7-17(16)28(24,25)15-3-1-14(2-4-15)27-11-13-5-8-19-9-6-13/h1-6,8-9,16-17,22-23H,7,10-12H2. The van der Waals surface area contributed by atoms with Gasteiger partial charge >= 0.3 is 0 Å². The van der Waals surface area contributed by atoms with Gasteiger partial charge in [-0.2, -0.15) is 0 Å². The molecule has 1 aliphatic rings. The average molecular weight is 408 g/mol. The molecule has 0 spiro atoms. The van der Waals surface area contributed by atoms with Gasteiger partial charge < -0.3 is 9.47 Å². The van der Waals surface area contributed by atoms with Crippen molar-refractivity contribution in [3.63, 3.8) is 0 Å². The molecule has 0 bridgehead atoms. The van der Waals surface area contributed by atoms with Crippen molar-refractivity contribution in [1.29, 1.82) is 0 Å². The van der Waals surface area contributed by atoms with Crippen molar-refractivity contribution in [3.8, 4) is 5.75 Å². The quantitative estimate of drug-likeness (QED) is 0.543. The molecule has 1 amide bonds. The number of carbonyl (C=O) groups is 1. The largest absolute Gasteiger partial charge is 0.489 e. The zero-order chi connectivity index (χ0) is 20.1. The van der Waals surface area contributed by atoms with E-state index in [1.165, 1.54) is 24.3 Å². The van der Waals surface area contributed by atoms with Gasteiger partial charge in [-0.05, 0) is 48.4 Å². The van der Waals surface area contributed by atoms with Crippen LogP contribution in [0.4, 0.5) is 0 Å². The van der Waals surface area contributed by atoms with E-state index in [9.17, 15) is 13.2 Å². The second-order valence-corrected chi connectivity index (χ2v) is 8.46. The van der Waals surface area contributed by atoms with Crippen LogP contribution in [0.25, 0.3) is 0 Å². The predicted molar refractivity (Wildman–Crippen MR) is 95.3 cm³/mol. The van der Waals surface area contributed by atoms with Gasteiger partial charge in [-0.3, -0.25) is 20.2 Å². The van der Waals surface area contributed by atoms with Crippen molar-refractivity contribution >= 4 is 15.7 Å². The number of hydrogen-bond acceptors (Lipinski definition) is 8. The highest BCUT2D eigenvalue weighted by Gasteiger charge is 2.42. The number of aromatic nitrogens is 1. The topological polar surface area (TPSA) is 126 Å². The van der Waals surface area contributed by atoms with Gasteiger partial charge in [-0.15, -0.1) is 0 Å². The average Bonchev–Trinajstić information content (AvgIpc) is 2.72. The summed E-state index contributed by atoms with van der Waals surface area (Å²) in [5.74, 6) is -1.82. The lowest BCUT2D eigenvalue weighted by Crippen LogP contribution is -2.46. The number of carbonyl (C=O) groups excluding carboxylic acids is 1. The SMILES string of the molecule is O=C(C1COCCC1S(=O)(=O)c1ccc(OCc2ccncc2)cc1)N(O)O. The normalized spacial score (nSPS) is 19.8. The van der Waals surface area contributed by atoms with Crippen LogP contribution in [0.1, 0.15) is 12.0 Å². The number of rotatable bonds is 6. The third kappa shape index (κ3) is 4.47. The fourth-order valence-corrected chi connectivity index (χ4v) is 4.91. The summed E-state index contributed by atoms with van der Waals surface area (Å²) in [6.45, 7) is 0.277. The highest BCUT2D eigenvalue weighted by Crippen LogP contribution is 2.29. The van der Waals surface area contributed by atoms with E-state index in [1.807, 2.05) is 12.1 Å². The van der Waals surface area contributed by atoms with Gasteiger partial charge in [0.1, 0.15) is 12.4 Å². The van der Waals surface area contributed by atoms with Crippen molar-refractivity contribution in [2.45, 2.75) is 23.2 Å². The number of nitrogens with zero attached hydrogens (tertiary/aromatic N) is 2. The van der Waals surface area contributed by atoms with Crippen molar-refractivity contribution in [2.75, 3.05) is 13.2 Å². The minimum absolute atomic E-state index is 0.0240. The van der Waals surface area contributed by atoms with Crippen molar-refractivity contribution < 1.29 is 33.1 Å². The molecule has 3 rings (SSSR count). The van der Waals surface area contributed by atoms with E-state index < -0.39 is 32.1 Å². The highest BCUT2D eigenvalue weighted by molar-refractivity contribution is 7.92. The van der Waals surface area contributed by atoms with Crippen molar-refractivity contribution in [1.82, 2.24) is 10.2 Å². The number of pyridine rings is 1. The molecule has 0 saturated carbocycles. The predicted octanol–water partition coefficient (Wildman–Crippen LogP) is 1.45. The summed E-state index contributed by atoms with van der Waals surface area (Å²) in [5.41, 5.74) is 0.924. The van der Waals surface area contributed by atoms with Gasteiger partial charge in [-0.25, -0.2) is 8.42 Å². The van der Waals surface area contributed by atoms with Gasteiger partial charge in [0.2, 0.25) is 0 Å². The van der Waals surface area contributed by atoms with Crippen LogP contribution in [-0.2, 0) is 26.0 Å². The summed E-state index contributed by atoms with van der Waals surface area (Å²) < 4.78 is 36.7. The molecule has 1 saturated heterocycles. The smallest absolute Gasteiger partial charge is 0.279 e. The van der Waals surface area contributed by atoms with E-state index in [-0.39, 0.29) is 24.5 Å². The molecule has 2 heterocycles. The molecular weight excluding hydrogens is 388 g/mol. The minimum atomic E-state index is -3.89. The van der Waals surface area contributed by atoms with E-state index in [0.29, 0.717) is 12.4 Å². The van der Waals surface area contributed by atoms with Crippen LogP contribution in [0.2, 0.25) is 0 Å². The number of sulfone groups is 1. The molecule has 2 aromatic rings. The molecule has 2 unspecified atom stereocenters. The molecule has 1 aromatic carbocycles. The Hall–Kier alpha value is -2.53. The summed E-state index contributed by atoms with van der Waals surface area (Å²) in [4.78, 5) is 15.9. The number of ether oxygens (including phenoxy) is 2. The second kappa shape index (κ2) is 8.65. The Labute approximate surface area is 162 Å². The summed E-state index contributed by atoms with van der Waals surface area (Å²) in [7, 11) is -3.89. The molecule has 28 heavy (non-hydrogen) atoms. The van der Waals surface area contributed by atoms with E-state index in [2.05, 4.69) is 4.98 Å². The highest BCUT2D eigenvalue weighted by atomic mass is 32.2. The summed E-state index contributed by atoms with van der Waals surface area (Å²) in [6, 6.07) is 9.51. The van der Waals surface area contributed by atoms with Crippen LogP contribution in [0.5, 0.6) is 5.75 Å². The Morgan fingerprint density at radius 1 is 1.18 bits per heavy atom. The Kier molecular flexibility index (Phi) is 6.25.